The van der Waals surface area contributed by atoms with Gasteiger partial charge in [0, 0.05) is 0 Å². The summed E-state index contributed by atoms with van der Waals surface area (Å²) in [5, 5.41) is 3.36. The normalized spacial score (nSPS) is 11.1. The van der Waals surface area contributed by atoms with Crippen molar-refractivity contribution in [2.24, 2.45) is 5.92 Å². The van der Waals surface area contributed by atoms with Crippen molar-refractivity contribution < 1.29 is 4.42 Å². The van der Waals surface area contributed by atoms with E-state index in [0.29, 0.717) is 5.92 Å². The summed E-state index contributed by atoms with van der Waals surface area (Å²) in [5.41, 5.74) is 1.35. The van der Waals surface area contributed by atoms with Gasteiger partial charge in [-0.3, -0.25) is 0 Å². The van der Waals surface area contributed by atoms with Crippen LogP contribution < -0.4 is 5.32 Å². The van der Waals surface area contributed by atoms with Gasteiger partial charge < -0.3 is 9.73 Å². The number of hydrogen-bond donors (Lipinski definition) is 1. The number of furan rings is 1. The average Bonchev–Trinajstić information content (AvgIpc) is 2.52. The number of nitrogens with one attached hydrogen (secondary N) is 1. The molecule has 0 saturated heterocycles. The molecule has 14 heavy (non-hydrogen) atoms. The summed E-state index contributed by atoms with van der Waals surface area (Å²) in [6.07, 6.45) is 4.07. The lowest BCUT2D eigenvalue weighted by Crippen LogP contribution is -2.14. The van der Waals surface area contributed by atoms with Crippen LogP contribution >= 0.6 is 0 Å². The SMILES string of the molecule is CCCNCc1occc1CC(C)C. The zero-order chi connectivity index (χ0) is 10.4. The first-order chi connectivity index (χ1) is 6.74. The summed E-state index contributed by atoms with van der Waals surface area (Å²) in [5.74, 6) is 1.80. The minimum absolute atomic E-state index is 0.692. The molecule has 0 radical (unpaired) electrons. The summed E-state index contributed by atoms with van der Waals surface area (Å²) in [6.45, 7) is 8.56. The molecule has 0 unspecified atom stereocenters. The molecule has 1 aromatic rings. The molecule has 0 saturated carbocycles. The van der Waals surface area contributed by atoms with Crippen molar-refractivity contribution in [3.8, 4) is 0 Å². The topological polar surface area (TPSA) is 25.2 Å². The van der Waals surface area contributed by atoms with E-state index in [0.717, 1.165) is 25.3 Å². The van der Waals surface area contributed by atoms with E-state index >= 15 is 0 Å². The maximum atomic E-state index is 5.45. The Labute approximate surface area is 86.7 Å². The second-order valence-corrected chi connectivity index (χ2v) is 4.14. The summed E-state index contributed by atoms with van der Waals surface area (Å²) < 4.78 is 5.45. The quantitative estimate of drug-likeness (QED) is 0.706. The fourth-order valence-electron chi connectivity index (χ4n) is 1.52. The molecule has 0 aromatic carbocycles. The second-order valence-electron chi connectivity index (χ2n) is 4.14. The first-order valence-electron chi connectivity index (χ1n) is 5.50. The van der Waals surface area contributed by atoms with E-state index in [2.05, 4.69) is 32.2 Å². The molecule has 0 aliphatic carbocycles. The molecule has 0 fully saturated rings. The van der Waals surface area contributed by atoms with Gasteiger partial charge in [-0.1, -0.05) is 20.8 Å². The molecule has 2 heteroatoms. The lowest BCUT2D eigenvalue weighted by atomic mass is 10.0. The minimum atomic E-state index is 0.692. The monoisotopic (exact) mass is 195 g/mol. The average molecular weight is 195 g/mol. The largest absolute Gasteiger partial charge is 0.468 e. The molecule has 2 nitrogen and oxygen atoms in total. The molecule has 80 valence electrons. The highest BCUT2D eigenvalue weighted by atomic mass is 16.3. The van der Waals surface area contributed by atoms with Crippen LogP contribution in [0.4, 0.5) is 0 Å². The van der Waals surface area contributed by atoms with Gasteiger partial charge in [-0.05, 0) is 36.9 Å². The first kappa shape index (κ1) is 11.3. The Hall–Kier alpha value is -0.760. The van der Waals surface area contributed by atoms with Gasteiger partial charge in [-0.2, -0.15) is 0 Å². The zero-order valence-electron chi connectivity index (χ0n) is 9.47. The molecule has 0 amide bonds. The van der Waals surface area contributed by atoms with Gasteiger partial charge in [-0.15, -0.1) is 0 Å². The Bertz CT molecular complexity index is 253. The van der Waals surface area contributed by atoms with Crippen molar-refractivity contribution in [3.63, 3.8) is 0 Å². The zero-order valence-corrected chi connectivity index (χ0v) is 9.47. The molecule has 1 rings (SSSR count). The molecular formula is C12H21NO. The van der Waals surface area contributed by atoms with Crippen molar-refractivity contribution in [1.82, 2.24) is 5.32 Å². The van der Waals surface area contributed by atoms with Crippen molar-refractivity contribution in [2.75, 3.05) is 6.54 Å². The Morgan fingerprint density at radius 1 is 1.43 bits per heavy atom. The van der Waals surface area contributed by atoms with Crippen LogP contribution in [0.25, 0.3) is 0 Å². The highest BCUT2D eigenvalue weighted by Crippen LogP contribution is 2.14. The highest BCUT2D eigenvalue weighted by Gasteiger charge is 2.07. The van der Waals surface area contributed by atoms with Gasteiger partial charge >= 0.3 is 0 Å². The van der Waals surface area contributed by atoms with Crippen LogP contribution in [-0.4, -0.2) is 6.54 Å². The molecule has 1 N–H and O–H groups in total. The van der Waals surface area contributed by atoms with Gasteiger partial charge in [0.05, 0.1) is 12.8 Å². The van der Waals surface area contributed by atoms with Crippen LogP contribution in [0.2, 0.25) is 0 Å². The van der Waals surface area contributed by atoms with E-state index in [1.807, 2.05) is 0 Å². The molecule has 0 atom stereocenters. The smallest absolute Gasteiger partial charge is 0.120 e. The van der Waals surface area contributed by atoms with Crippen LogP contribution in [0, 0.1) is 5.92 Å². The maximum absolute atomic E-state index is 5.45. The fourth-order valence-corrected chi connectivity index (χ4v) is 1.52. The Morgan fingerprint density at radius 2 is 2.21 bits per heavy atom. The van der Waals surface area contributed by atoms with E-state index in [-0.39, 0.29) is 0 Å². The Morgan fingerprint density at radius 3 is 2.86 bits per heavy atom. The van der Waals surface area contributed by atoms with Crippen molar-refractivity contribution in [2.45, 2.75) is 40.2 Å². The number of rotatable bonds is 6. The third-order valence-corrected chi connectivity index (χ3v) is 2.18. The highest BCUT2D eigenvalue weighted by molar-refractivity contribution is 5.17. The van der Waals surface area contributed by atoms with Crippen LogP contribution in [-0.2, 0) is 13.0 Å². The number of hydrogen-bond acceptors (Lipinski definition) is 2. The first-order valence-corrected chi connectivity index (χ1v) is 5.50. The van der Waals surface area contributed by atoms with Gasteiger partial charge in [0.1, 0.15) is 5.76 Å². The third-order valence-electron chi connectivity index (χ3n) is 2.18. The summed E-state index contributed by atoms with van der Waals surface area (Å²) in [4.78, 5) is 0. The van der Waals surface area contributed by atoms with E-state index in [1.165, 1.54) is 12.0 Å². The lowest BCUT2D eigenvalue weighted by Gasteiger charge is -2.05. The second kappa shape index (κ2) is 5.86. The van der Waals surface area contributed by atoms with Crippen LogP contribution in [0.15, 0.2) is 16.7 Å². The van der Waals surface area contributed by atoms with E-state index in [1.54, 1.807) is 6.26 Å². The summed E-state index contributed by atoms with van der Waals surface area (Å²) in [7, 11) is 0. The van der Waals surface area contributed by atoms with Crippen molar-refractivity contribution >= 4 is 0 Å². The molecule has 1 heterocycles. The summed E-state index contributed by atoms with van der Waals surface area (Å²) >= 11 is 0. The van der Waals surface area contributed by atoms with E-state index < -0.39 is 0 Å². The standard InChI is InChI=1S/C12H21NO/c1-4-6-13-9-12-11(5-7-14-12)8-10(2)3/h5,7,10,13H,4,6,8-9H2,1-3H3. The molecular weight excluding hydrogens is 174 g/mol. The van der Waals surface area contributed by atoms with Crippen molar-refractivity contribution in [3.05, 3.63) is 23.7 Å². The molecule has 0 bridgehead atoms. The molecule has 1 aromatic heterocycles. The van der Waals surface area contributed by atoms with Crippen molar-refractivity contribution in [1.29, 1.82) is 0 Å². The van der Waals surface area contributed by atoms with Crippen LogP contribution in [0.1, 0.15) is 38.5 Å². The van der Waals surface area contributed by atoms with Gasteiger partial charge in [0.25, 0.3) is 0 Å². The van der Waals surface area contributed by atoms with E-state index in [4.69, 9.17) is 4.42 Å². The molecule has 0 aliphatic rings. The maximum Gasteiger partial charge on any atom is 0.120 e. The Kier molecular flexibility index (Phi) is 4.74. The van der Waals surface area contributed by atoms with Gasteiger partial charge in [0.15, 0.2) is 0 Å². The van der Waals surface area contributed by atoms with Gasteiger partial charge in [0.2, 0.25) is 0 Å². The van der Waals surface area contributed by atoms with Gasteiger partial charge in [-0.25, -0.2) is 0 Å². The fraction of sp³-hybridized carbons (Fsp3) is 0.667. The lowest BCUT2D eigenvalue weighted by molar-refractivity contribution is 0.474. The summed E-state index contributed by atoms with van der Waals surface area (Å²) in [6, 6.07) is 2.09. The minimum Gasteiger partial charge on any atom is -0.468 e. The Balaban J connectivity index is 2.45. The molecule has 0 spiro atoms. The van der Waals surface area contributed by atoms with Crippen LogP contribution in [0.5, 0.6) is 0 Å². The predicted molar refractivity (Wildman–Crippen MR) is 59.2 cm³/mol. The predicted octanol–water partition coefficient (Wildman–Crippen LogP) is 2.98. The van der Waals surface area contributed by atoms with E-state index in [9.17, 15) is 0 Å². The van der Waals surface area contributed by atoms with Crippen LogP contribution in [0.3, 0.4) is 0 Å². The third kappa shape index (κ3) is 3.54. The molecule has 0 aliphatic heterocycles.